The Morgan fingerprint density at radius 1 is 1.05 bits per heavy atom. The van der Waals surface area contributed by atoms with Gasteiger partial charge in [-0.3, -0.25) is 19.5 Å². The van der Waals surface area contributed by atoms with Crippen molar-refractivity contribution >= 4 is 34.7 Å². The molecule has 2 fully saturated rings. The number of nitrogens with one attached hydrogen (secondary N) is 2. The zero-order valence-electron chi connectivity index (χ0n) is 22.0. The molecule has 0 unspecified atom stereocenters. The Kier molecular flexibility index (Phi) is 6.00. The van der Waals surface area contributed by atoms with Crippen molar-refractivity contribution in [3.63, 3.8) is 0 Å². The van der Waals surface area contributed by atoms with Gasteiger partial charge in [-0.25, -0.2) is 4.98 Å². The molecule has 10 heteroatoms. The first-order valence-corrected chi connectivity index (χ1v) is 14.4. The van der Waals surface area contributed by atoms with Gasteiger partial charge in [0.15, 0.2) is 0 Å². The van der Waals surface area contributed by atoms with E-state index in [4.69, 9.17) is 4.98 Å². The van der Waals surface area contributed by atoms with Gasteiger partial charge in [-0.15, -0.1) is 11.3 Å². The molecular formula is C30H28N6O3S. The number of fused-ring (bicyclic) bond motifs is 3. The van der Waals surface area contributed by atoms with Crippen molar-refractivity contribution in [3.05, 3.63) is 76.6 Å². The molecule has 2 N–H and O–H groups in total. The van der Waals surface area contributed by atoms with Crippen LogP contribution in [0.2, 0.25) is 0 Å². The molecule has 4 aromatic rings. The van der Waals surface area contributed by atoms with E-state index in [2.05, 4.69) is 15.5 Å². The molecule has 40 heavy (non-hydrogen) atoms. The fourth-order valence-electron chi connectivity index (χ4n) is 5.53. The maximum Gasteiger partial charge on any atom is 0.276 e. The highest BCUT2D eigenvalue weighted by Crippen LogP contribution is 2.43. The fourth-order valence-corrected chi connectivity index (χ4v) is 6.68. The van der Waals surface area contributed by atoms with Crippen LogP contribution in [-0.2, 0) is 11.2 Å². The molecule has 2 aliphatic heterocycles. The van der Waals surface area contributed by atoms with Gasteiger partial charge in [0.25, 0.3) is 11.8 Å². The zero-order chi connectivity index (χ0) is 27.4. The lowest BCUT2D eigenvalue weighted by Crippen LogP contribution is -2.60. The first kappa shape index (κ1) is 24.7. The van der Waals surface area contributed by atoms with Crippen LogP contribution >= 0.6 is 11.3 Å². The van der Waals surface area contributed by atoms with Gasteiger partial charge in [-0.2, -0.15) is 5.10 Å². The molecule has 0 atom stereocenters. The summed E-state index contributed by atoms with van der Waals surface area (Å²) in [6.07, 6.45) is 4.70. The van der Waals surface area contributed by atoms with Crippen molar-refractivity contribution < 1.29 is 14.4 Å². The summed E-state index contributed by atoms with van der Waals surface area (Å²) in [5.41, 5.74) is 5.97. The van der Waals surface area contributed by atoms with Crippen LogP contribution in [0, 0.1) is 0 Å². The van der Waals surface area contributed by atoms with E-state index < -0.39 is 0 Å². The average Bonchev–Trinajstić information content (AvgIpc) is 3.55. The Balaban J connectivity index is 1.15. The summed E-state index contributed by atoms with van der Waals surface area (Å²) in [6.45, 7) is 3.10. The number of nitrogens with zero attached hydrogens (tertiary/aromatic N) is 4. The quantitative estimate of drug-likeness (QED) is 0.385. The summed E-state index contributed by atoms with van der Waals surface area (Å²) < 4.78 is 0. The predicted octanol–water partition coefficient (Wildman–Crippen LogP) is 4.24. The van der Waals surface area contributed by atoms with Crippen LogP contribution in [0.1, 0.15) is 57.1 Å². The minimum Gasteiger partial charge on any atom is -0.345 e. The number of benzene rings is 1. The van der Waals surface area contributed by atoms with Crippen LogP contribution in [0.3, 0.4) is 0 Å². The molecule has 0 radical (unpaired) electrons. The third-order valence-electron chi connectivity index (χ3n) is 7.88. The van der Waals surface area contributed by atoms with Crippen LogP contribution in [0.15, 0.2) is 54.7 Å². The number of pyridine rings is 1. The average molecular weight is 553 g/mol. The van der Waals surface area contributed by atoms with Crippen molar-refractivity contribution in [2.75, 3.05) is 24.5 Å². The summed E-state index contributed by atoms with van der Waals surface area (Å²) in [5.74, 6) is 0.239. The first-order chi connectivity index (χ1) is 19.5. The van der Waals surface area contributed by atoms with Gasteiger partial charge in [0, 0.05) is 54.2 Å². The molecular weight excluding hydrogens is 524 g/mol. The van der Waals surface area contributed by atoms with Crippen LogP contribution < -0.4 is 10.2 Å². The molecule has 0 spiro atoms. The highest BCUT2D eigenvalue weighted by molar-refractivity contribution is 7.17. The standard InChI is InChI=1S/C30H28N6O3S/c1-17(37)35-15-20(16-35)32-29(38)26-13-19-11-12-36(25-8-3-2-5-21(25)28(19)40-26)30(39)24-7-4-6-23(33-24)22-14-31-34-27(22)18-9-10-18/h2-8,13-14,18,20H,9-12,15-16H2,1H3,(H,31,34)(H,32,38). The summed E-state index contributed by atoms with van der Waals surface area (Å²) >= 11 is 1.45. The van der Waals surface area contributed by atoms with E-state index in [1.165, 1.54) is 18.3 Å². The highest BCUT2D eigenvalue weighted by Gasteiger charge is 2.32. The number of carbonyl (C=O) groups excluding carboxylic acids is 3. The minimum absolute atomic E-state index is 0.0236. The van der Waals surface area contributed by atoms with E-state index in [1.54, 1.807) is 22.1 Å². The predicted molar refractivity (Wildman–Crippen MR) is 152 cm³/mol. The summed E-state index contributed by atoms with van der Waals surface area (Å²) in [7, 11) is 0. The number of rotatable bonds is 5. The van der Waals surface area contributed by atoms with Crippen molar-refractivity contribution in [3.8, 4) is 21.7 Å². The van der Waals surface area contributed by atoms with Gasteiger partial charge >= 0.3 is 0 Å². The van der Waals surface area contributed by atoms with Crippen molar-refractivity contribution in [2.24, 2.45) is 0 Å². The molecule has 1 saturated carbocycles. The monoisotopic (exact) mass is 552 g/mol. The molecule has 1 aliphatic carbocycles. The largest absolute Gasteiger partial charge is 0.345 e. The third-order valence-corrected chi connectivity index (χ3v) is 9.09. The number of H-pyrrole nitrogens is 1. The molecule has 1 saturated heterocycles. The second-order valence-corrected chi connectivity index (χ2v) is 11.7. The molecule has 0 bridgehead atoms. The number of hydrogen-bond donors (Lipinski definition) is 2. The van der Waals surface area contributed by atoms with E-state index in [0.29, 0.717) is 42.5 Å². The maximum absolute atomic E-state index is 13.9. The zero-order valence-corrected chi connectivity index (χ0v) is 22.8. The smallest absolute Gasteiger partial charge is 0.276 e. The second kappa shape index (κ2) is 9.71. The van der Waals surface area contributed by atoms with Crippen molar-refractivity contribution in [2.45, 2.75) is 38.1 Å². The number of anilines is 1. The molecule has 7 rings (SSSR count). The molecule has 3 amide bonds. The third kappa shape index (κ3) is 4.38. The van der Waals surface area contributed by atoms with Gasteiger partial charge in [0.2, 0.25) is 5.91 Å². The second-order valence-electron chi connectivity index (χ2n) is 10.7. The van der Waals surface area contributed by atoms with Gasteiger partial charge in [0.1, 0.15) is 5.69 Å². The molecule has 5 heterocycles. The Morgan fingerprint density at radius 3 is 2.67 bits per heavy atom. The topological polar surface area (TPSA) is 111 Å². The number of carbonyl (C=O) groups is 3. The van der Waals surface area contributed by atoms with Gasteiger partial charge in [0.05, 0.1) is 28.5 Å². The van der Waals surface area contributed by atoms with Gasteiger partial charge in [-0.1, -0.05) is 24.3 Å². The van der Waals surface area contributed by atoms with E-state index >= 15 is 0 Å². The number of aromatic nitrogens is 3. The van der Waals surface area contributed by atoms with Crippen LogP contribution in [0.4, 0.5) is 5.69 Å². The van der Waals surface area contributed by atoms with Gasteiger partial charge in [-0.05, 0) is 49.1 Å². The van der Waals surface area contributed by atoms with Crippen LogP contribution in [0.5, 0.6) is 0 Å². The Hall–Kier alpha value is -4.31. The number of amides is 3. The number of likely N-dealkylation sites (tertiary alicyclic amines) is 1. The Morgan fingerprint density at radius 2 is 1.88 bits per heavy atom. The summed E-state index contributed by atoms with van der Waals surface area (Å²) in [6, 6.07) is 15.3. The van der Waals surface area contributed by atoms with Gasteiger partial charge < -0.3 is 15.1 Å². The molecule has 1 aromatic carbocycles. The molecule has 9 nitrogen and oxygen atoms in total. The lowest BCUT2D eigenvalue weighted by Gasteiger charge is -2.38. The summed E-state index contributed by atoms with van der Waals surface area (Å²) in [4.78, 5) is 48.3. The number of hydrogen-bond acceptors (Lipinski definition) is 6. The van der Waals surface area contributed by atoms with E-state index in [1.807, 2.05) is 42.5 Å². The normalized spacial score (nSPS) is 16.5. The first-order valence-electron chi connectivity index (χ1n) is 13.6. The van der Waals surface area contributed by atoms with E-state index in [-0.39, 0.29) is 23.8 Å². The lowest BCUT2D eigenvalue weighted by molar-refractivity contribution is -0.133. The molecule has 3 aromatic heterocycles. The Labute approximate surface area is 235 Å². The minimum atomic E-state index is -0.154. The number of aromatic amines is 1. The lowest BCUT2D eigenvalue weighted by atomic mass is 10.1. The maximum atomic E-state index is 13.9. The fraction of sp³-hybridized carbons (Fsp3) is 0.300. The molecule has 202 valence electrons. The summed E-state index contributed by atoms with van der Waals surface area (Å²) in [5, 5.41) is 10.4. The van der Waals surface area contributed by atoms with Crippen LogP contribution in [0.25, 0.3) is 21.7 Å². The highest BCUT2D eigenvalue weighted by atomic mass is 32.1. The Bertz CT molecular complexity index is 1650. The number of thiophene rings is 1. The van der Waals surface area contributed by atoms with Crippen molar-refractivity contribution in [1.82, 2.24) is 25.4 Å². The number of para-hydroxylation sites is 1. The molecule has 3 aliphatic rings. The SMILES string of the molecule is CC(=O)N1CC(NC(=O)c2cc3c(s2)-c2ccccc2N(C(=O)c2cccc(-c4cn[nH]c4C4CC4)n2)CC3)C1. The van der Waals surface area contributed by atoms with E-state index in [0.717, 1.165) is 51.5 Å². The van der Waals surface area contributed by atoms with Crippen LogP contribution in [-0.4, -0.2) is 63.5 Å². The van der Waals surface area contributed by atoms with E-state index in [9.17, 15) is 14.4 Å². The van der Waals surface area contributed by atoms with Crippen molar-refractivity contribution in [1.29, 1.82) is 0 Å².